The van der Waals surface area contributed by atoms with Crippen molar-refractivity contribution in [1.82, 2.24) is 10.2 Å². The molecule has 3 heterocycles. The molecule has 4 heteroatoms. The molecule has 3 saturated heterocycles. The molecule has 3 aliphatic heterocycles. The molecule has 2 bridgehead atoms. The highest BCUT2D eigenvalue weighted by Crippen LogP contribution is 2.27. The molecule has 0 aliphatic carbocycles. The average molecular weight is 182 g/mol. The standard InChI is InChI=1S/C9H18N4/c1-11-9(10)12-8-6-13-4-2-7(8)3-5-13/h7-8H,2-6H2,1H3,(H3,10,11,12). The molecule has 0 saturated carbocycles. The number of hydrogen-bond acceptors (Lipinski definition) is 2. The zero-order valence-electron chi connectivity index (χ0n) is 8.16. The molecule has 3 N–H and O–H groups in total. The summed E-state index contributed by atoms with van der Waals surface area (Å²) in [5, 5.41) is 3.29. The summed E-state index contributed by atoms with van der Waals surface area (Å²) < 4.78 is 0. The van der Waals surface area contributed by atoms with Crippen molar-refractivity contribution in [3.05, 3.63) is 0 Å². The Morgan fingerprint density at radius 1 is 1.46 bits per heavy atom. The number of guanidine groups is 1. The Morgan fingerprint density at radius 3 is 2.62 bits per heavy atom. The van der Waals surface area contributed by atoms with Crippen molar-refractivity contribution in [2.24, 2.45) is 16.6 Å². The molecule has 1 unspecified atom stereocenters. The Morgan fingerprint density at radius 2 is 2.15 bits per heavy atom. The lowest BCUT2D eigenvalue weighted by Crippen LogP contribution is -2.58. The molecule has 3 fully saturated rings. The van der Waals surface area contributed by atoms with Gasteiger partial charge in [-0.15, -0.1) is 0 Å². The van der Waals surface area contributed by atoms with E-state index in [-0.39, 0.29) is 0 Å². The van der Waals surface area contributed by atoms with Gasteiger partial charge >= 0.3 is 0 Å². The van der Waals surface area contributed by atoms with E-state index in [4.69, 9.17) is 5.73 Å². The van der Waals surface area contributed by atoms with Gasteiger partial charge in [0.15, 0.2) is 5.96 Å². The van der Waals surface area contributed by atoms with Gasteiger partial charge in [0.25, 0.3) is 0 Å². The molecule has 0 radical (unpaired) electrons. The Bertz CT molecular complexity index is 206. The summed E-state index contributed by atoms with van der Waals surface area (Å²) in [5.41, 5.74) is 5.66. The van der Waals surface area contributed by atoms with Crippen molar-refractivity contribution in [1.29, 1.82) is 0 Å². The monoisotopic (exact) mass is 182 g/mol. The highest BCUT2D eigenvalue weighted by atomic mass is 15.2. The van der Waals surface area contributed by atoms with Crippen LogP contribution in [0.5, 0.6) is 0 Å². The Labute approximate surface area is 79.2 Å². The van der Waals surface area contributed by atoms with Gasteiger partial charge in [-0.05, 0) is 31.8 Å². The molecule has 3 rings (SSSR count). The molecule has 0 aromatic rings. The van der Waals surface area contributed by atoms with Crippen LogP contribution in [-0.4, -0.2) is 43.6 Å². The zero-order valence-corrected chi connectivity index (χ0v) is 8.16. The number of nitrogens with two attached hydrogens (primary N) is 1. The first kappa shape index (κ1) is 8.81. The Kier molecular flexibility index (Phi) is 2.40. The maximum Gasteiger partial charge on any atom is 0.188 e. The first-order valence-corrected chi connectivity index (χ1v) is 5.00. The summed E-state index contributed by atoms with van der Waals surface area (Å²) in [6.45, 7) is 3.68. The van der Waals surface area contributed by atoms with E-state index in [1.165, 1.54) is 25.9 Å². The van der Waals surface area contributed by atoms with Crippen LogP contribution in [0.25, 0.3) is 0 Å². The molecule has 13 heavy (non-hydrogen) atoms. The van der Waals surface area contributed by atoms with Crippen LogP contribution in [0.15, 0.2) is 4.99 Å². The Hall–Kier alpha value is -0.770. The number of nitrogens with zero attached hydrogens (tertiary/aromatic N) is 2. The maximum absolute atomic E-state index is 5.66. The molecular weight excluding hydrogens is 164 g/mol. The van der Waals surface area contributed by atoms with Crippen LogP contribution in [0, 0.1) is 5.92 Å². The third-order valence-electron chi connectivity index (χ3n) is 3.23. The van der Waals surface area contributed by atoms with E-state index in [9.17, 15) is 0 Å². The first-order chi connectivity index (χ1) is 6.29. The fourth-order valence-electron chi connectivity index (χ4n) is 2.38. The van der Waals surface area contributed by atoms with Gasteiger partial charge < -0.3 is 16.0 Å². The van der Waals surface area contributed by atoms with Gasteiger partial charge in [-0.3, -0.25) is 4.99 Å². The number of rotatable bonds is 1. The van der Waals surface area contributed by atoms with Crippen LogP contribution in [-0.2, 0) is 0 Å². The number of piperidine rings is 3. The fraction of sp³-hybridized carbons (Fsp3) is 0.889. The third kappa shape index (κ3) is 1.77. The molecule has 0 amide bonds. The SMILES string of the molecule is CN=C(N)NC1CN2CCC1CC2. The van der Waals surface area contributed by atoms with E-state index < -0.39 is 0 Å². The van der Waals surface area contributed by atoms with E-state index in [1.807, 2.05) is 0 Å². The van der Waals surface area contributed by atoms with Crippen LogP contribution < -0.4 is 11.1 Å². The van der Waals surface area contributed by atoms with Crippen LogP contribution in [0.4, 0.5) is 0 Å². The molecule has 74 valence electrons. The summed E-state index contributed by atoms with van der Waals surface area (Å²) in [7, 11) is 1.73. The van der Waals surface area contributed by atoms with E-state index in [0.29, 0.717) is 12.0 Å². The second-order valence-corrected chi connectivity index (χ2v) is 4.00. The van der Waals surface area contributed by atoms with Crippen molar-refractivity contribution >= 4 is 5.96 Å². The number of nitrogens with one attached hydrogen (secondary N) is 1. The molecule has 3 aliphatic rings. The van der Waals surface area contributed by atoms with E-state index in [2.05, 4.69) is 15.2 Å². The second kappa shape index (κ2) is 3.54. The summed E-state index contributed by atoms with van der Waals surface area (Å²) >= 11 is 0. The summed E-state index contributed by atoms with van der Waals surface area (Å²) in [6, 6.07) is 0.534. The maximum atomic E-state index is 5.66. The minimum Gasteiger partial charge on any atom is -0.370 e. The molecular formula is C9H18N4. The van der Waals surface area contributed by atoms with E-state index in [1.54, 1.807) is 7.05 Å². The van der Waals surface area contributed by atoms with Gasteiger partial charge in [0.05, 0.1) is 0 Å². The van der Waals surface area contributed by atoms with Gasteiger partial charge in [-0.2, -0.15) is 0 Å². The van der Waals surface area contributed by atoms with Gasteiger partial charge in [0, 0.05) is 19.6 Å². The number of aliphatic imine (C=N–C) groups is 1. The minimum atomic E-state index is 0.534. The van der Waals surface area contributed by atoms with E-state index >= 15 is 0 Å². The van der Waals surface area contributed by atoms with Crippen LogP contribution >= 0.6 is 0 Å². The molecule has 0 aromatic heterocycles. The quantitative estimate of drug-likeness (QED) is 0.429. The van der Waals surface area contributed by atoms with Crippen LogP contribution in [0.3, 0.4) is 0 Å². The Balaban J connectivity index is 1.93. The third-order valence-corrected chi connectivity index (χ3v) is 3.23. The lowest BCUT2D eigenvalue weighted by atomic mass is 9.84. The van der Waals surface area contributed by atoms with Crippen molar-refractivity contribution in [3.63, 3.8) is 0 Å². The smallest absolute Gasteiger partial charge is 0.188 e. The van der Waals surface area contributed by atoms with Crippen molar-refractivity contribution < 1.29 is 0 Å². The van der Waals surface area contributed by atoms with Crippen molar-refractivity contribution in [2.75, 3.05) is 26.7 Å². The molecule has 4 nitrogen and oxygen atoms in total. The fourth-order valence-corrected chi connectivity index (χ4v) is 2.38. The topological polar surface area (TPSA) is 53.6 Å². The summed E-state index contributed by atoms with van der Waals surface area (Å²) in [4.78, 5) is 6.43. The lowest BCUT2D eigenvalue weighted by Gasteiger charge is -2.45. The van der Waals surface area contributed by atoms with Crippen molar-refractivity contribution in [3.8, 4) is 0 Å². The van der Waals surface area contributed by atoms with Crippen LogP contribution in [0.1, 0.15) is 12.8 Å². The second-order valence-electron chi connectivity index (χ2n) is 4.00. The predicted octanol–water partition coefficient (Wildman–Crippen LogP) is -0.385. The van der Waals surface area contributed by atoms with Gasteiger partial charge in [0.1, 0.15) is 0 Å². The minimum absolute atomic E-state index is 0.534. The number of hydrogen-bond donors (Lipinski definition) is 2. The highest BCUT2D eigenvalue weighted by Gasteiger charge is 2.33. The summed E-state index contributed by atoms with van der Waals surface area (Å²) in [6.07, 6.45) is 2.63. The first-order valence-electron chi connectivity index (χ1n) is 5.00. The van der Waals surface area contributed by atoms with E-state index in [0.717, 1.165) is 12.5 Å². The number of fused-ring (bicyclic) bond motifs is 3. The molecule has 0 spiro atoms. The predicted molar refractivity (Wildman–Crippen MR) is 53.6 cm³/mol. The zero-order chi connectivity index (χ0) is 9.26. The largest absolute Gasteiger partial charge is 0.370 e. The molecule has 1 atom stereocenters. The van der Waals surface area contributed by atoms with Gasteiger partial charge in [0.2, 0.25) is 0 Å². The average Bonchev–Trinajstić information content (AvgIpc) is 2.19. The van der Waals surface area contributed by atoms with Crippen molar-refractivity contribution in [2.45, 2.75) is 18.9 Å². The lowest BCUT2D eigenvalue weighted by molar-refractivity contribution is 0.0811. The normalized spacial score (nSPS) is 39.2. The highest BCUT2D eigenvalue weighted by molar-refractivity contribution is 5.78. The van der Waals surface area contributed by atoms with Gasteiger partial charge in [-0.1, -0.05) is 0 Å². The summed E-state index contributed by atoms with van der Waals surface area (Å²) in [5.74, 6) is 1.39. The molecule has 0 aromatic carbocycles. The van der Waals surface area contributed by atoms with Gasteiger partial charge in [-0.25, -0.2) is 0 Å². The van der Waals surface area contributed by atoms with Crippen LogP contribution in [0.2, 0.25) is 0 Å².